The SMILES string of the molecule is NC(=O)C1N=NC2C3C=CC(C3)C12. The van der Waals surface area contributed by atoms with E-state index in [1.165, 1.54) is 0 Å². The van der Waals surface area contributed by atoms with Crippen molar-refractivity contribution >= 4 is 5.91 Å². The highest BCUT2D eigenvalue weighted by atomic mass is 16.1. The molecule has 0 aromatic carbocycles. The van der Waals surface area contributed by atoms with Gasteiger partial charge in [-0.3, -0.25) is 4.79 Å². The standard InChI is InChI=1S/C9H11N3O/c10-9(13)8-6-4-1-2-5(3-4)7(6)11-12-8/h1-2,4-8H,3H2,(H2,10,13). The predicted octanol–water partition coefficient (Wildman–Crippen LogP) is 0.497. The number of nitrogens with two attached hydrogens (primary N) is 1. The van der Waals surface area contributed by atoms with Crippen molar-refractivity contribution < 1.29 is 4.79 Å². The Labute approximate surface area is 75.9 Å². The average molecular weight is 177 g/mol. The van der Waals surface area contributed by atoms with Gasteiger partial charge in [-0.25, -0.2) is 0 Å². The summed E-state index contributed by atoms with van der Waals surface area (Å²) in [6.45, 7) is 0. The van der Waals surface area contributed by atoms with Gasteiger partial charge in [-0.15, -0.1) is 0 Å². The molecular weight excluding hydrogens is 166 g/mol. The minimum Gasteiger partial charge on any atom is -0.368 e. The van der Waals surface area contributed by atoms with Crippen LogP contribution in [0.1, 0.15) is 6.42 Å². The number of rotatable bonds is 1. The van der Waals surface area contributed by atoms with Crippen LogP contribution in [0, 0.1) is 17.8 Å². The molecule has 5 atom stereocenters. The molecule has 0 spiro atoms. The van der Waals surface area contributed by atoms with E-state index in [4.69, 9.17) is 5.73 Å². The molecule has 4 heteroatoms. The average Bonchev–Trinajstić information content (AvgIpc) is 2.76. The van der Waals surface area contributed by atoms with Crippen molar-refractivity contribution in [1.82, 2.24) is 0 Å². The third-order valence-electron chi connectivity index (χ3n) is 3.46. The number of hydrogen-bond acceptors (Lipinski definition) is 3. The summed E-state index contributed by atoms with van der Waals surface area (Å²) < 4.78 is 0. The van der Waals surface area contributed by atoms with Gasteiger partial charge >= 0.3 is 0 Å². The molecule has 0 saturated heterocycles. The van der Waals surface area contributed by atoms with Gasteiger partial charge in [0, 0.05) is 11.8 Å². The molecule has 5 unspecified atom stereocenters. The molecule has 4 nitrogen and oxygen atoms in total. The van der Waals surface area contributed by atoms with E-state index in [0.29, 0.717) is 11.8 Å². The topological polar surface area (TPSA) is 67.8 Å². The second-order valence-electron chi connectivity index (χ2n) is 4.09. The maximum Gasteiger partial charge on any atom is 0.244 e. The molecule has 1 amide bonds. The van der Waals surface area contributed by atoms with E-state index < -0.39 is 0 Å². The van der Waals surface area contributed by atoms with E-state index in [9.17, 15) is 4.79 Å². The van der Waals surface area contributed by atoms with Gasteiger partial charge in [0.05, 0.1) is 6.04 Å². The molecule has 2 bridgehead atoms. The van der Waals surface area contributed by atoms with E-state index in [1.807, 2.05) is 0 Å². The summed E-state index contributed by atoms with van der Waals surface area (Å²) >= 11 is 0. The molecule has 0 aromatic rings. The lowest BCUT2D eigenvalue weighted by atomic mass is 9.84. The summed E-state index contributed by atoms with van der Waals surface area (Å²) in [6.07, 6.45) is 5.53. The third kappa shape index (κ3) is 0.779. The van der Waals surface area contributed by atoms with Gasteiger partial charge in [-0.2, -0.15) is 10.2 Å². The fraction of sp³-hybridized carbons (Fsp3) is 0.667. The smallest absolute Gasteiger partial charge is 0.244 e. The molecule has 3 aliphatic rings. The number of hydrogen-bond donors (Lipinski definition) is 1. The molecule has 1 aliphatic heterocycles. The summed E-state index contributed by atoms with van der Waals surface area (Å²) in [6, 6.07) is -0.113. The van der Waals surface area contributed by atoms with Crippen LogP contribution in [-0.4, -0.2) is 18.0 Å². The van der Waals surface area contributed by atoms with Crippen molar-refractivity contribution in [2.75, 3.05) is 0 Å². The van der Waals surface area contributed by atoms with Gasteiger partial charge in [-0.1, -0.05) is 12.2 Å². The van der Waals surface area contributed by atoms with E-state index in [2.05, 4.69) is 22.4 Å². The Bertz CT molecular complexity index is 323. The van der Waals surface area contributed by atoms with Crippen LogP contribution in [-0.2, 0) is 4.79 Å². The number of primary amides is 1. The van der Waals surface area contributed by atoms with Gasteiger partial charge in [0.25, 0.3) is 0 Å². The van der Waals surface area contributed by atoms with E-state index in [-0.39, 0.29) is 23.9 Å². The maximum atomic E-state index is 11.1. The fourth-order valence-corrected chi connectivity index (χ4v) is 2.89. The minimum atomic E-state index is -0.357. The number of carbonyl (C=O) groups is 1. The van der Waals surface area contributed by atoms with E-state index >= 15 is 0 Å². The molecule has 0 radical (unpaired) electrons. The molecule has 13 heavy (non-hydrogen) atoms. The molecule has 1 saturated carbocycles. The van der Waals surface area contributed by atoms with Crippen molar-refractivity contribution in [1.29, 1.82) is 0 Å². The van der Waals surface area contributed by atoms with E-state index in [0.717, 1.165) is 6.42 Å². The Morgan fingerprint density at radius 3 is 2.85 bits per heavy atom. The Morgan fingerprint density at radius 1 is 1.31 bits per heavy atom. The summed E-state index contributed by atoms with van der Waals surface area (Å²) in [7, 11) is 0. The first kappa shape index (κ1) is 7.24. The zero-order valence-electron chi connectivity index (χ0n) is 7.13. The number of nitrogens with zero attached hydrogens (tertiary/aromatic N) is 2. The number of carbonyl (C=O) groups excluding carboxylic acids is 1. The lowest BCUT2D eigenvalue weighted by molar-refractivity contribution is -0.120. The van der Waals surface area contributed by atoms with Crippen LogP contribution in [0.4, 0.5) is 0 Å². The molecule has 2 aliphatic carbocycles. The van der Waals surface area contributed by atoms with Crippen LogP contribution in [0.5, 0.6) is 0 Å². The van der Waals surface area contributed by atoms with Crippen molar-refractivity contribution in [2.45, 2.75) is 18.5 Å². The minimum absolute atomic E-state index is 0.243. The first-order valence-electron chi connectivity index (χ1n) is 4.65. The van der Waals surface area contributed by atoms with Crippen molar-refractivity contribution in [2.24, 2.45) is 33.7 Å². The quantitative estimate of drug-likeness (QED) is 0.582. The number of amides is 1. The molecule has 1 fully saturated rings. The van der Waals surface area contributed by atoms with Gasteiger partial charge < -0.3 is 5.73 Å². The van der Waals surface area contributed by atoms with Gasteiger partial charge in [0.2, 0.25) is 5.91 Å². The third-order valence-corrected chi connectivity index (χ3v) is 3.46. The largest absolute Gasteiger partial charge is 0.368 e. The second kappa shape index (κ2) is 2.19. The van der Waals surface area contributed by atoms with Crippen LogP contribution in [0.2, 0.25) is 0 Å². The van der Waals surface area contributed by atoms with Crippen LogP contribution in [0.3, 0.4) is 0 Å². The molecule has 0 aromatic heterocycles. The highest BCUT2D eigenvalue weighted by Crippen LogP contribution is 2.50. The maximum absolute atomic E-state index is 11.1. The van der Waals surface area contributed by atoms with Crippen molar-refractivity contribution in [3.8, 4) is 0 Å². The van der Waals surface area contributed by atoms with Gasteiger partial charge in [0.15, 0.2) is 6.04 Å². The lowest BCUT2D eigenvalue weighted by Gasteiger charge is -2.20. The van der Waals surface area contributed by atoms with Crippen molar-refractivity contribution in [3.05, 3.63) is 12.2 Å². The Balaban J connectivity index is 1.96. The number of azo groups is 1. The predicted molar refractivity (Wildman–Crippen MR) is 45.9 cm³/mol. The highest BCUT2D eigenvalue weighted by Gasteiger charge is 2.53. The monoisotopic (exact) mass is 177 g/mol. The Morgan fingerprint density at radius 2 is 2.08 bits per heavy atom. The zero-order valence-corrected chi connectivity index (χ0v) is 7.13. The van der Waals surface area contributed by atoms with Crippen molar-refractivity contribution in [3.63, 3.8) is 0 Å². The molecule has 1 heterocycles. The van der Waals surface area contributed by atoms with Gasteiger partial charge in [0.1, 0.15) is 0 Å². The van der Waals surface area contributed by atoms with Crippen LogP contribution in [0.15, 0.2) is 22.4 Å². The molecule has 2 N–H and O–H groups in total. The summed E-state index contributed by atoms with van der Waals surface area (Å²) in [5.74, 6) is 0.954. The Kier molecular flexibility index (Phi) is 1.22. The van der Waals surface area contributed by atoms with Gasteiger partial charge in [-0.05, 0) is 12.3 Å². The highest BCUT2D eigenvalue weighted by molar-refractivity contribution is 5.81. The molecular formula is C9H11N3O. The lowest BCUT2D eigenvalue weighted by Crippen LogP contribution is -2.37. The second-order valence-corrected chi connectivity index (χ2v) is 4.09. The van der Waals surface area contributed by atoms with Crippen LogP contribution in [0.25, 0.3) is 0 Å². The molecule has 3 rings (SSSR count). The Hall–Kier alpha value is -1.19. The van der Waals surface area contributed by atoms with Crippen LogP contribution >= 0.6 is 0 Å². The van der Waals surface area contributed by atoms with E-state index in [1.54, 1.807) is 0 Å². The number of allylic oxidation sites excluding steroid dienone is 1. The summed E-state index contributed by atoms with van der Waals surface area (Å²) in [4.78, 5) is 11.1. The molecule has 68 valence electrons. The zero-order chi connectivity index (χ0) is 9.00. The van der Waals surface area contributed by atoms with Crippen LogP contribution < -0.4 is 5.73 Å². The first-order valence-corrected chi connectivity index (χ1v) is 4.65. The normalized spacial score (nSPS) is 50.0. The summed E-state index contributed by atoms with van der Waals surface area (Å²) in [5, 5.41) is 8.13. The summed E-state index contributed by atoms with van der Waals surface area (Å²) in [5.41, 5.74) is 5.27. The fourth-order valence-electron chi connectivity index (χ4n) is 2.89. The first-order chi connectivity index (χ1) is 6.27. The number of fused-ring (bicyclic) bond motifs is 5.